The lowest BCUT2D eigenvalue weighted by molar-refractivity contribution is 0.217. The zero-order valence-electron chi connectivity index (χ0n) is 12.7. The first-order valence-corrected chi connectivity index (χ1v) is 8.92. The molecule has 0 bridgehead atoms. The highest BCUT2D eigenvalue weighted by Gasteiger charge is 2.13. The summed E-state index contributed by atoms with van der Waals surface area (Å²) in [4.78, 5) is 0. The Balaban J connectivity index is 2.66. The molecule has 0 fully saturated rings. The topological polar surface area (TPSA) is 55.4 Å². The highest BCUT2D eigenvalue weighted by molar-refractivity contribution is 7.91. The smallest absolute Gasteiger partial charge is 0.152 e. The second-order valence-electron chi connectivity index (χ2n) is 5.11. The average molecular weight is 299 g/mol. The molecule has 0 heterocycles. The Morgan fingerprint density at radius 1 is 1.25 bits per heavy atom. The van der Waals surface area contributed by atoms with Crippen LogP contribution in [0.15, 0.2) is 24.3 Å². The van der Waals surface area contributed by atoms with Crippen LogP contribution in [0.4, 0.5) is 5.69 Å². The lowest BCUT2D eigenvalue weighted by Gasteiger charge is -2.17. The summed E-state index contributed by atoms with van der Waals surface area (Å²) in [7, 11) is -2.97. The van der Waals surface area contributed by atoms with E-state index in [9.17, 15) is 8.42 Å². The Morgan fingerprint density at radius 2 is 1.95 bits per heavy atom. The molecular formula is C15H25NO3S. The maximum Gasteiger partial charge on any atom is 0.152 e. The van der Waals surface area contributed by atoms with E-state index >= 15 is 0 Å². The van der Waals surface area contributed by atoms with E-state index in [-0.39, 0.29) is 23.7 Å². The van der Waals surface area contributed by atoms with Crippen molar-refractivity contribution in [1.29, 1.82) is 0 Å². The quantitative estimate of drug-likeness (QED) is 0.801. The third kappa shape index (κ3) is 5.82. The SMILES string of the molecule is CCC(C)Oc1cccc(NC(C)CS(=O)(=O)CC)c1. The second kappa shape index (κ2) is 7.53. The lowest BCUT2D eigenvalue weighted by Crippen LogP contribution is -2.26. The molecule has 1 aromatic rings. The summed E-state index contributed by atoms with van der Waals surface area (Å²) in [6, 6.07) is 7.50. The van der Waals surface area contributed by atoms with Gasteiger partial charge >= 0.3 is 0 Å². The van der Waals surface area contributed by atoms with E-state index in [4.69, 9.17) is 4.74 Å². The Labute approximate surface area is 122 Å². The van der Waals surface area contributed by atoms with E-state index in [0.29, 0.717) is 0 Å². The molecule has 1 rings (SSSR count). The van der Waals surface area contributed by atoms with Crippen molar-refractivity contribution >= 4 is 15.5 Å². The van der Waals surface area contributed by atoms with Crippen LogP contribution in [0.3, 0.4) is 0 Å². The first kappa shape index (κ1) is 16.8. The predicted molar refractivity (Wildman–Crippen MR) is 84.2 cm³/mol. The zero-order chi connectivity index (χ0) is 15.2. The number of hydrogen-bond acceptors (Lipinski definition) is 4. The van der Waals surface area contributed by atoms with Crippen LogP contribution in [0.25, 0.3) is 0 Å². The molecule has 1 N–H and O–H groups in total. The molecule has 0 aliphatic carbocycles. The van der Waals surface area contributed by atoms with E-state index in [1.54, 1.807) is 6.92 Å². The van der Waals surface area contributed by atoms with Crippen LogP contribution in [0.1, 0.15) is 34.1 Å². The van der Waals surface area contributed by atoms with E-state index in [1.807, 2.05) is 38.1 Å². The van der Waals surface area contributed by atoms with Crippen molar-refractivity contribution < 1.29 is 13.2 Å². The Bertz CT molecular complexity index is 514. The standard InChI is InChI=1S/C15H25NO3S/c1-5-13(4)19-15-9-7-8-14(10-15)16-12(3)11-20(17,18)6-2/h7-10,12-13,16H,5-6,11H2,1-4H3. The molecule has 0 aromatic heterocycles. The van der Waals surface area contributed by atoms with Gasteiger partial charge < -0.3 is 10.1 Å². The number of anilines is 1. The summed E-state index contributed by atoms with van der Waals surface area (Å²) in [5.74, 6) is 1.12. The van der Waals surface area contributed by atoms with Crippen LogP contribution in [0.5, 0.6) is 5.75 Å². The van der Waals surface area contributed by atoms with Gasteiger partial charge in [0.05, 0.1) is 11.9 Å². The van der Waals surface area contributed by atoms with Gasteiger partial charge in [-0.2, -0.15) is 0 Å². The van der Waals surface area contributed by atoms with Gasteiger partial charge in [-0.05, 0) is 32.4 Å². The largest absolute Gasteiger partial charge is 0.491 e. The van der Waals surface area contributed by atoms with Gasteiger partial charge in [0.15, 0.2) is 9.84 Å². The summed E-state index contributed by atoms with van der Waals surface area (Å²) in [6.45, 7) is 7.64. The minimum Gasteiger partial charge on any atom is -0.491 e. The van der Waals surface area contributed by atoms with Crippen LogP contribution in [0.2, 0.25) is 0 Å². The van der Waals surface area contributed by atoms with Crippen molar-refractivity contribution in [3.63, 3.8) is 0 Å². The van der Waals surface area contributed by atoms with Crippen molar-refractivity contribution in [3.8, 4) is 5.75 Å². The third-order valence-electron chi connectivity index (χ3n) is 3.10. The van der Waals surface area contributed by atoms with Crippen LogP contribution in [0, 0.1) is 0 Å². The summed E-state index contributed by atoms with van der Waals surface area (Å²) >= 11 is 0. The first-order chi connectivity index (χ1) is 9.36. The first-order valence-electron chi connectivity index (χ1n) is 7.10. The number of benzene rings is 1. The summed E-state index contributed by atoms with van der Waals surface area (Å²) in [5, 5.41) is 3.20. The van der Waals surface area contributed by atoms with Crippen molar-refractivity contribution in [2.45, 2.75) is 46.3 Å². The fourth-order valence-corrected chi connectivity index (χ4v) is 2.88. The molecule has 20 heavy (non-hydrogen) atoms. The fraction of sp³-hybridized carbons (Fsp3) is 0.600. The summed E-state index contributed by atoms with van der Waals surface area (Å²) in [5.41, 5.74) is 0.879. The van der Waals surface area contributed by atoms with Gasteiger partial charge in [0.2, 0.25) is 0 Å². The van der Waals surface area contributed by atoms with Gasteiger partial charge in [-0.25, -0.2) is 8.42 Å². The van der Waals surface area contributed by atoms with Gasteiger partial charge in [-0.15, -0.1) is 0 Å². The molecule has 0 aliphatic heterocycles. The molecule has 114 valence electrons. The van der Waals surface area contributed by atoms with E-state index in [1.165, 1.54) is 0 Å². The normalized spacial score (nSPS) is 14.6. The van der Waals surface area contributed by atoms with Gasteiger partial charge in [0.1, 0.15) is 5.75 Å². The molecule has 0 saturated carbocycles. The molecule has 2 unspecified atom stereocenters. The molecule has 0 spiro atoms. The molecule has 0 radical (unpaired) electrons. The van der Waals surface area contributed by atoms with E-state index in [0.717, 1.165) is 17.9 Å². The highest BCUT2D eigenvalue weighted by Crippen LogP contribution is 2.20. The molecule has 0 amide bonds. The van der Waals surface area contributed by atoms with Crippen LogP contribution in [-0.2, 0) is 9.84 Å². The second-order valence-corrected chi connectivity index (χ2v) is 7.51. The monoisotopic (exact) mass is 299 g/mol. The highest BCUT2D eigenvalue weighted by atomic mass is 32.2. The molecule has 1 aromatic carbocycles. The molecule has 5 heteroatoms. The van der Waals surface area contributed by atoms with E-state index < -0.39 is 9.84 Å². The number of sulfone groups is 1. The van der Waals surface area contributed by atoms with Crippen molar-refractivity contribution in [3.05, 3.63) is 24.3 Å². The molecule has 0 aliphatic rings. The van der Waals surface area contributed by atoms with Gasteiger partial charge in [0, 0.05) is 23.5 Å². The predicted octanol–water partition coefficient (Wildman–Crippen LogP) is 3.10. The Morgan fingerprint density at radius 3 is 2.55 bits per heavy atom. The number of nitrogens with one attached hydrogen (secondary N) is 1. The minimum atomic E-state index is -2.97. The molecule has 4 nitrogen and oxygen atoms in total. The van der Waals surface area contributed by atoms with Crippen LogP contribution >= 0.6 is 0 Å². The van der Waals surface area contributed by atoms with Crippen molar-refractivity contribution in [2.24, 2.45) is 0 Å². The van der Waals surface area contributed by atoms with Crippen LogP contribution in [-0.4, -0.2) is 32.1 Å². The minimum absolute atomic E-state index is 0.126. The zero-order valence-corrected chi connectivity index (χ0v) is 13.5. The number of hydrogen-bond donors (Lipinski definition) is 1. The number of ether oxygens (including phenoxy) is 1. The number of rotatable bonds is 8. The molecular weight excluding hydrogens is 274 g/mol. The van der Waals surface area contributed by atoms with Gasteiger partial charge in [0.25, 0.3) is 0 Å². The fourth-order valence-electron chi connectivity index (χ4n) is 1.80. The van der Waals surface area contributed by atoms with Gasteiger partial charge in [-0.1, -0.05) is 19.9 Å². The average Bonchev–Trinajstić information content (AvgIpc) is 2.38. The summed E-state index contributed by atoms with van der Waals surface area (Å²) in [6.07, 6.45) is 1.12. The molecule has 2 atom stereocenters. The maximum atomic E-state index is 11.6. The van der Waals surface area contributed by atoms with Crippen molar-refractivity contribution in [2.75, 3.05) is 16.8 Å². The van der Waals surface area contributed by atoms with Crippen molar-refractivity contribution in [1.82, 2.24) is 0 Å². The lowest BCUT2D eigenvalue weighted by atomic mass is 10.2. The summed E-state index contributed by atoms with van der Waals surface area (Å²) < 4.78 is 28.9. The van der Waals surface area contributed by atoms with E-state index in [2.05, 4.69) is 12.2 Å². The molecule has 0 saturated heterocycles. The Kier molecular flexibility index (Phi) is 6.33. The third-order valence-corrected chi connectivity index (χ3v) is 4.99. The van der Waals surface area contributed by atoms with Crippen LogP contribution < -0.4 is 10.1 Å². The maximum absolute atomic E-state index is 11.6. The van der Waals surface area contributed by atoms with Gasteiger partial charge in [-0.3, -0.25) is 0 Å². The Hall–Kier alpha value is -1.23.